The van der Waals surface area contributed by atoms with E-state index in [0.29, 0.717) is 17.4 Å². The lowest BCUT2D eigenvalue weighted by Gasteiger charge is -2.24. The number of hydrogen-bond donors (Lipinski definition) is 2. The van der Waals surface area contributed by atoms with Gasteiger partial charge in [0.05, 0.1) is 11.5 Å². The zero-order valence-electron chi connectivity index (χ0n) is 9.04. The largest absolute Gasteiger partial charge is 0.316 e. The molecule has 0 spiro atoms. The fourth-order valence-electron chi connectivity index (χ4n) is 2.41. The Bertz CT molecular complexity index is 297. The first kappa shape index (κ1) is 11.4. The topological polar surface area (TPSA) is 58.2 Å². The quantitative estimate of drug-likeness (QED) is 0.705. The Balaban J connectivity index is 1.74. The van der Waals surface area contributed by atoms with Crippen LogP contribution in [-0.4, -0.2) is 45.6 Å². The van der Waals surface area contributed by atoms with Crippen LogP contribution in [-0.2, 0) is 9.84 Å². The molecule has 0 aromatic heterocycles. The van der Waals surface area contributed by atoms with Crippen LogP contribution < -0.4 is 10.6 Å². The van der Waals surface area contributed by atoms with E-state index in [0.717, 1.165) is 32.5 Å². The van der Waals surface area contributed by atoms with Gasteiger partial charge in [0.25, 0.3) is 0 Å². The van der Waals surface area contributed by atoms with E-state index < -0.39 is 9.84 Å². The van der Waals surface area contributed by atoms with E-state index in [2.05, 4.69) is 10.6 Å². The molecule has 2 unspecified atom stereocenters. The van der Waals surface area contributed by atoms with Gasteiger partial charge in [-0.2, -0.15) is 0 Å². The van der Waals surface area contributed by atoms with Crippen molar-refractivity contribution >= 4 is 9.84 Å². The molecule has 0 amide bonds. The van der Waals surface area contributed by atoms with Gasteiger partial charge in [-0.3, -0.25) is 0 Å². The van der Waals surface area contributed by atoms with Gasteiger partial charge in [-0.05, 0) is 44.8 Å². The molecule has 0 aliphatic carbocycles. The number of hydrogen-bond acceptors (Lipinski definition) is 4. The molecular weight excluding hydrogens is 212 g/mol. The molecule has 2 atom stereocenters. The summed E-state index contributed by atoms with van der Waals surface area (Å²) >= 11 is 0. The summed E-state index contributed by atoms with van der Waals surface area (Å²) in [6.45, 7) is 3.15. The van der Waals surface area contributed by atoms with E-state index in [1.807, 2.05) is 0 Å². The van der Waals surface area contributed by atoms with Crippen molar-refractivity contribution in [2.45, 2.75) is 25.3 Å². The zero-order chi connectivity index (χ0) is 10.7. The fraction of sp³-hybridized carbons (Fsp3) is 1.00. The maximum atomic E-state index is 11.4. The van der Waals surface area contributed by atoms with Crippen LogP contribution in [0.3, 0.4) is 0 Å². The van der Waals surface area contributed by atoms with Crippen molar-refractivity contribution in [3.63, 3.8) is 0 Å². The predicted octanol–water partition coefficient (Wildman–Crippen LogP) is -0.237. The Morgan fingerprint density at radius 1 is 1.33 bits per heavy atom. The molecule has 0 radical (unpaired) electrons. The van der Waals surface area contributed by atoms with Gasteiger partial charge >= 0.3 is 0 Å². The molecule has 0 saturated carbocycles. The first-order valence-electron chi connectivity index (χ1n) is 5.80. The van der Waals surface area contributed by atoms with Crippen LogP contribution in [0.25, 0.3) is 0 Å². The van der Waals surface area contributed by atoms with Crippen molar-refractivity contribution < 1.29 is 8.42 Å². The predicted molar refractivity (Wildman–Crippen MR) is 60.7 cm³/mol. The molecule has 5 heteroatoms. The first-order valence-corrected chi connectivity index (χ1v) is 7.62. The van der Waals surface area contributed by atoms with Gasteiger partial charge in [0.15, 0.2) is 9.84 Å². The number of sulfone groups is 1. The fourth-order valence-corrected chi connectivity index (χ4v) is 4.08. The highest BCUT2D eigenvalue weighted by molar-refractivity contribution is 7.91. The van der Waals surface area contributed by atoms with Gasteiger partial charge < -0.3 is 10.6 Å². The summed E-state index contributed by atoms with van der Waals surface area (Å²) in [7, 11) is -2.76. The maximum Gasteiger partial charge on any atom is 0.151 e. The minimum atomic E-state index is -2.76. The van der Waals surface area contributed by atoms with Crippen molar-refractivity contribution in [2.24, 2.45) is 5.92 Å². The SMILES string of the molecule is O=S1(=O)CCCC(NCC2CCNC2)C1. The molecule has 88 valence electrons. The molecule has 4 nitrogen and oxygen atoms in total. The Labute approximate surface area is 91.7 Å². The van der Waals surface area contributed by atoms with Crippen molar-refractivity contribution in [2.75, 3.05) is 31.1 Å². The van der Waals surface area contributed by atoms with E-state index in [9.17, 15) is 8.42 Å². The van der Waals surface area contributed by atoms with Crippen molar-refractivity contribution in [3.8, 4) is 0 Å². The molecule has 2 N–H and O–H groups in total. The van der Waals surface area contributed by atoms with E-state index in [1.54, 1.807) is 0 Å². The van der Waals surface area contributed by atoms with Crippen LogP contribution >= 0.6 is 0 Å². The smallest absolute Gasteiger partial charge is 0.151 e. The van der Waals surface area contributed by atoms with E-state index in [1.165, 1.54) is 6.42 Å². The highest BCUT2D eigenvalue weighted by Crippen LogP contribution is 2.13. The molecule has 2 aliphatic rings. The Morgan fingerprint density at radius 2 is 2.20 bits per heavy atom. The second kappa shape index (κ2) is 4.80. The summed E-state index contributed by atoms with van der Waals surface area (Å²) in [5.41, 5.74) is 0. The average molecular weight is 232 g/mol. The third kappa shape index (κ3) is 3.43. The van der Waals surface area contributed by atoms with Crippen molar-refractivity contribution in [3.05, 3.63) is 0 Å². The monoisotopic (exact) mass is 232 g/mol. The van der Waals surface area contributed by atoms with Crippen LogP contribution in [0.1, 0.15) is 19.3 Å². The third-order valence-corrected chi connectivity index (χ3v) is 5.14. The van der Waals surface area contributed by atoms with Crippen LogP contribution in [0.5, 0.6) is 0 Å². The molecule has 2 aliphatic heterocycles. The van der Waals surface area contributed by atoms with Gasteiger partial charge in [0, 0.05) is 6.04 Å². The minimum Gasteiger partial charge on any atom is -0.316 e. The molecule has 2 rings (SSSR count). The Hall–Kier alpha value is -0.130. The Kier molecular flexibility index (Phi) is 3.64. The van der Waals surface area contributed by atoms with E-state index in [-0.39, 0.29) is 6.04 Å². The highest BCUT2D eigenvalue weighted by atomic mass is 32.2. The van der Waals surface area contributed by atoms with Crippen LogP contribution in [0.2, 0.25) is 0 Å². The lowest BCUT2D eigenvalue weighted by molar-refractivity contribution is 0.431. The second-order valence-corrected chi connectivity index (χ2v) is 6.95. The summed E-state index contributed by atoms with van der Waals surface area (Å²) in [6.07, 6.45) is 3.05. The Morgan fingerprint density at radius 3 is 2.87 bits per heavy atom. The van der Waals surface area contributed by atoms with Crippen LogP contribution in [0, 0.1) is 5.92 Å². The van der Waals surface area contributed by atoms with Crippen LogP contribution in [0.15, 0.2) is 0 Å². The summed E-state index contributed by atoms with van der Waals surface area (Å²) in [5.74, 6) is 1.41. The van der Waals surface area contributed by atoms with Crippen LogP contribution in [0.4, 0.5) is 0 Å². The molecule has 2 fully saturated rings. The lowest BCUT2D eigenvalue weighted by Crippen LogP contribution is -2.42. The van der Waals surface area contributed by atoms with E-state index >= 15 is 0 Å². The molecule has 0 aromatic rings. The molecule has 0 aromatic carbocycles. The van der Waals surface area contributed by atoms with Gasteiger partial charge in [0.2, 0.25) is 0 Å². The lowest BCUT2D eigenvalue weighted by atomic mass is 10.1. The highest BCUT2D eigenvalue weighted by Gasteiger charge is 2.25. The summed E-state index contributed by atoms with van der Waals surface area (Å²) in [4.78, 5) is 0. The van der Waals surface area contributed by atoms with Gasteiger partial charge in [0.1, 0.15) is 0 Å². The summed E-state index contributed by atoms with van der Waals surface area (Å²) < 4.78 is 22.8. The third-order valence-electron chi connectivity index (χ3n) is 3.32. The molecule has 0 bridgehead atoms. The maximum absolute atomic E-state index is 11.4. The standard InChI is InChI=1S/C10H20N2O2S/c13-15(14)5-1-2-10(8-15)12-7-9-3-4-11-6-9/h9-12H,1-8H2. The van der Waals surface area contributed by atoms with Crippen molar-refractivity contribution in [1.29, 1.82) is 0 Å². The number of rotatable bonds is 3. The summed E-state index contributed by atoms with van der Waals surface area (Å²) in [5, 5.41) is 6.72. The van der Waals surface area contributed by atoms with E-state index in [4.69, 9.17) is 0 Å². The minimum absolute atomic E-state index is 0.198. The van der Waals surface area contributed by atoms with Gasteiger partial charge in [-0.15, -0.1) is 0 Å². The molecule has 2 saturated heterocycles. The summed E-state index contributed by atoms with van der Waals surface area (Å²) in [6, 6.07) is 0.198. The average Bonchev–Trinajstić information content (AvgIpc) is 2.65. The van der Waals surface area contributed by atoms with Gasteiger partial charge in [-0.25, -0.2) is 8.42 Å². The first-order chi connectivity index (χ1) is 7.16. The van der Waals surface area contributed by atoms with Gasteiger partial charge in [-0.1, -0.05) is 0 Å². The molecule has 2 heterocycles. The normalized spacial score (nSPS) is 35.5. The van der Waals surface area contributed by atoms with Crippen molar-refractivity contribution in [1.82, 2.24) is 10.6 Å². The second-order valence-electron chi connectivity index (χ2n) is 4.72. The number of nitrogens with one attached hydrogen (secondary N) is 2. The molecular formula is C10H20N2O2S. The molecule has 15 heavy (non-hydrogen) atoms. The zero-order valence-corrected chi connectivity index (χ0v) is 9.85.